The molecule has 3 aliphatic heterocycles. The second-order valence-electron chi connectivity index (χ2n) is 6.44. The normalized spacial score (nSPS) is 33.2. The maximum atomic E-state index is 12.0. The van der Waals surface area contributed by atoms with E-state index < -0.39 is 0 Å². The standard InChI is InChI=1S/C15H25ClN2O2/c16-9-12-8-15(19)18(10-12)13-3-5-17(6-4-13)11-14-2-1-7-20-14/h12-14H,1-11H2. The third kappa shape index (κ3) is 3.29. The molecular formula is C15H25ClN2O2. The minimum Gasteiger partial charge on any atom is -0.377 e. The van der Waals surface area contributed by atoms with Crippen molar-refractivity contribution in [1.82, 2.24) is 9.80 Å². The van der Waals surface area contributed by atoms with E-state index in [0.29, 0.717) is 36.3 Å². The third-order valence-electron chi connectivity index (χ3n) is 4.94. The van der Waals surface area contributed by atoms with E-state index in [0.717, 1.165) is 45.6 Å². The summed E-state index contributed by atoms with van der Waals surface area (Å²) >= 11 is 5.89. The molecule has 0 saturated carbocycles. The van der Waals surface area contributed by atoms with E-state index in [-0.39, 0.29) is 0 Å². The Morgan fingerprint density at radius 3 is 2.65 bits per heavy atom. The van der Waals surface area contributed by atoms with Gasteiger partial charge in [-0.05, 0) is 31.6 Å². The lowest BCUT2D eigenvalue weighted by Crippen LogP contribution is -2.47. The maximum Gasteiger partial charge on any atom is 0.223 e. The topological polar surface area (TPSA) is 32.8 Å². The van der Waals surface area contributed by atoms with Crippen LogP contribution in [0.5, 0.6) is 0 Å². The second-order valence-corrected chi connectivity index (χ2v) is 6.75. The van der Waals surface area contributed by atoms with E-state index >= 15 is 0 Å². The summed E-state index contributed by atoms with van der Waals surface area (Å²) in [5.41, 5.74) is 0. The number of amides is 1. The number of rotatable bonds is 4. The number of likely N-dealkylation sites (tertiary alicyclic amines) is 2. The van der Waals surface area contributed by atoms with Gasteiger partial charge in [-0.25, -0.2) is 0 Å². The lowest BCUT2D eigenvalue weighted by Gasteiger charge is -2.37. The van der Waals surface area contributed by atoms with Crippen molar-refractivity contribution in [3.8, 4) is 0 Å². The number of hydrogen-bond acceptors (Lipinski definition) is 3. The summed E-state index contributed by atoms with van der Waals surface area (Å²) in [7, 11) is 0. The van der Waals surface area contributed by atoms with Gasteiger partial charge in [0.1, 0.15) is 0 Å². The minimum absolute atomic E-state index is 0.313. The number of carbonyl (C=O) groups excluding carboxylic acids is 1. The first-order valence-electron chi connectivity index (χ1n) is 7.95. The summed E-state index contributed by atoms with van der Waals surface area (Å²) in [6.07, 6.45) is 5.73. The van der Waals surface area contributed by atoms with Gasteiger partial charge in [-0.1, -0.05) is 0 Å². The van der Waals surface area contributed by atoms with Crippen LogP contribution in [0, 0.1) is 5.92 Å². The molecule has 114 valence electrons. The van der Waals surface area contributed by atoms with Crippen molar-refractivity contribution >= 4 is 17.5 Å². The van der Waals surface area contributed by atoms with Gasteiger partial charge in [-0.15, -0.1) is 11.6 Å². The molecule has 0 bridgehead atoms. The van der Waals surface area contributed by atoms with Crippen LogP contribution in [0.4, 0.5) is 0 Å². The highest BCUT2D eigenvalue weighted by Crippen LogP contribution is 2.26. The van der Waals surface area contributed by atoms with Gasteiger partial charge in [-0.2, -0.15) is 0 Å². The fourth-order valence-corrected chi connectivity index (χ4v) is 3.96. The molecule has 0 N–H and O–H groups in total. The molecule has 20 heavy (non-hydrogen) atoms. The van der Waals surface area contributed by atoms with E-state index in [2.05, 4.69) is 9.80 Å². The van der Waals surface area contributed by atoms with Crippen molar-refractivity contribution < 1.29 is 9.53 Å². The monoisotopic (exact) mass is 300 g/mol. The van der Waals surface area contributed by atoms with E-state index in [9.17, 15) is 4.79 Å². The zero-order chi connectivity index (χ0) is 13.9. The molecule has 3 aliphatic rings. The molecule has 2 atom stereocenters. The second kappa shape index (κ2) is 6.63. The number of piperidine rings is 1. The molecule has 0 aromatic heterocycles. The molecule has 0 aliphatic carbocycles. The Balaban J connectivity index is 1.45. The predicted octanol–water partition coefficient (Wildman–Crippen LogP) is 1.72. The van der Waals surface area contributed by atoms with Gasteiger partial charge in [0.25, 0.3) is 0 Å². The molecule has 3 heterocycles. The molecule has 0 radical (unpaired) electrons. The average Bonchev–Trinajstić information content (AvgIpc) is 3.09. The zero-order valence-corrected chi connectivity index (χ0v) is 12.9. The number of carbonyl (C=O) groups is 1. The Bertz CT molecular complexity index is 339. The lowest BCUT2D eigenvalue weighted by molar-refractivity contribution is -0.130. The fraction of sp³-hybridized carbons (Fsp3) is 0.933. The first-order valence-corrected chi connectivity index (χ1v) is 8.49. The van der Waals surface area contributed by atoms with Gasteiger partial charge in [-0.3, -0.25) is 4.79 Å². The maximum absolute atomic E-state index is 12.0. The van der Waals surface area contributed by atoms with E-state index in [1.54, 1.807) is 0 Å². The highest BCUT2D eigenvalue weighted by atomic mass is 35.5. The molecule has 0 aromatic carbocycles. The van der Waals surface area contributed by atoms with Crippen molar-refractivity contribution in [2.75, 3.05) is 38.7 Å². The van der Waals surface area contributed by atoms with E-state index in [4.69, 9.17) is 16.3 Å². The van der Waals surface area contributed by atoms with Crippen LogP contribution in [0.3, 0.4) is 0 Å². The molecule has 3 fully saturated rings. The van der Waals surface area contributed by atoms with Crippen LogP contribution in [0.1, 0.15) is 32.1 Å². The van der Waals surface area contributed by atoms with Crippen LogP contribution < -0.4 is 0 Å². The van der Waals surface area contributed by atoms with Crippen LogP contribution in [0.15, 0.2) is 0 Å². The summed E-state index contributed by atoms with van der Waals surface area (Å²) in [6.45, 7) is 5.08. The number of nitrogens with zero attached hydrogens (tertiary/aromatic N) is 2. The van der Waals surface area contributed by atoms with Crippen molar-refractivity contribution in [3.63, 3.8) is 0 Å². The predicted molar refractivity (Wildman–Crippen MR) is 79.0 cm³/mol. The molecule has 1 amide bonds. The average molecular weight is 301 g/mol. The number of hydrogen-bond donors (Lipinski definition) is 0. The molecule has 0 aromatic rings. The molecule has 5 heteroatoms. The largest absolute Gasteiger partial charge is 0.377 e. The third-order valence-corrected chi connectivity index (χ3v) is 5.38. The highest BCUT2D eigenvalue weighted by Gasteiger charge is 2.35. The van der Waals surface area contributed by atoms with Crippen molar-refractivity contribution in [2.45, 2.75) is 44.2 Å². The Kier molecular flexibility index (Phi) is 4.84. The number of alkyl halides is 1. The van der Waals surface area contributed by atoms with E-state index in [1.165, 1.54) is 12.8 Å². The van der Waals surface area contributed by atoms with Crippen LogP contribution in [0.2, 0.25) is 0 Å². The van der Waals surface area contributed by atoms with Crippen molar-refractivity contribution in [1.29, 1.82) is 0 Å². The van der Waals surface area contributed by atoms with Gasteiger partial charge >= 0.3 is 0 Å². The summed E-state index contributed by atoms with van der Waals surface area (Å²) in [5, 5.41) is 0. The zero-order valence-electron chi connectivity index (χ0n) is 12.1. The summed E-state index contributed by atoms with van der Waals surface area (Å²) < 4.78 is 5.71. The molecule has 4 nitrogen and oxygen atoms in total. The van der Waals surface area contributed by atoms with Gasteiger partial charge in [0.2, 0.25) is 5.91 Å². The highest BCUT2D eigenvalue weighted by molar-refractivity contribution is 6.18. The summed E-state index contributed by atoms with van der Waals surface area (Å²) in [6, 6.07) is 0.441. The van der Waals surface area contributed by atoms with Crippen LogP contribution in [-0.2, 0) is 9.53 Å². The smallest absolute Gasteiger partial charge is 0.223 e. The first kappa shape index (κ1) is 14.6. The van der Waals surface area contributed by atoms with E-state index in [1.807, 2.05) is 0 Å². The Morgan fingerprint density at radius 2 is 2.05 bits per heavy atom. The van der Waals surface area contributed by atoms with Crippen LogP contribution in [0.25, 0.3) is 0 Å². The molecule has 2 unspecified atom stereocenters. The Morgan fingerprint density at radius 1 is 1.25 bits per heavy atom. The molecule has 3 saturated heterocycles. The molecule has 3 rings (SSSR count). The molecular weight excluding hydrogens is 276 g/mol. The Hall–Kier alpha value is -0.320. The van der Waals surface area contributed by atoms with Gasteiger partial charge in [0, 0.05) is 51.1 Å². The minimum atomic E-state index is 0.313. The van der Waals surface area contributed by atoms with Gasteiger partial charge in [0.15, 0.2) is 0 Å². The SMILES string of the molecule is O=C1CC(CCl)CN1C1CCN(CC2CCCO2)CC1. The quantitative estimate of drug-likeness (QED) is 0.741. The van der Waals surface area contributed by atoms with Crippen LogP contribution in [-0.4, -0.2) is 66.5 Å². The Labute approximate surface area is 126 Å². The number of ether oxygens (including phenoxy) is 1. The van der Waals surface area contributed by atoms with Crippen molar-refractivity contribution in [3.05, 3.63) is 0 Å². The fourth-order valence-electron chi connectivity index (χ4n) is 3.75. The summed E-state index contributed by atoms with van der Waals surface area (Å²) in [4.78, 5) is 16.6. The van der Waals surface area contributed by atoms with Crippen LogP contribution >= 0.6 is 11.6 Å². The van der Waals surface area contributed by atoms with Gasteiger partial charge in [0.05, 0.1) is 6.10 Å². The number of halogens is 1. The van der Waals surface area contributed by atoms with Crippen molar-refractivity contribution in [2.24, 2.45) is 5.92 Å². The summed E-state index contributed by atoms with van der Waals surface area (Å²) in [5.74, 6) is 1.29. The molecule has 0 spiro atoms. The first-order chi connectivity index (χ1) is 9.76. The lowest BCUT2D eigenvalue weighted by atomic mass is 10.0. The van der Waals surface area contributed by atoms with Gasteiger partial charge < -0.3 is 14.5 Å².